The quantitative estimate of drug-likeness (QED) is 0.258. The first kappa shape index (κ1) is 25.6. The Bertz CT molecular complexity index is 1110. The van der Waals surface area contributed by atoms with Crippen LogP contribution in [0.15, 0.2) is 42.6 Å². The summed E-state index contributed by atoms with van der Waals surface area (Å²) in [5.41, 5.74) is 3.17. The lowest BCUT2D eigenvalue weighted by molar-refractivity contribution is 0.0248. The van der Waals surface area contributed by atoms with Gasteiger partial charge in [-0.25, -0.2) is 4.39 Å². The third kappa shape index (κ3) is 6.72. The molecule has 0 saturated heterocycles. The first-order chi connectivity index (χ1) is 16.5. The Morgan fingerprint density at radius 3 is 2.59 bits per heavy atom. The van der Waals surface area contributed by atoms with Crippen LogP contribution in [0.25, 0.3) is 10.9 Å². The molecule has 182 valence electrons. The van der Waals surface area contributed by atoms with E-state index in [2.05, 4.69) is 10.3 Å². The van der Waals surface area contributed by atoms with Gasteiger partial charge in [0.15, 0.2) is 5.78 Å². The zero-order valence-electron chi connectivity index (χ0n) is 19.6. The molecule has 0 aliphatic carbocycles. The maximum atomic E-state index is 13.6. The van der Waals surface area contributed by atoms with Gasteiger partial charge in [-0.15, -0.1) is 0 Å². The van der Waals surface area contributed by atoms with Crippen LogP contribution in [0.5, 0.6) is 5.75 Å². The van der Waals surface area contributed by atoms with Crippen LogP contribution in [-0.2, 0) is 9.47 Å². The van der Waals surface area contributed by atoms with E-state index >= 15 is 0 Å². The van der Waals surface area contributed by atoms with Crippen molar-refractivity contribution in [1.82, 2.24) is 4.98 Å². The zero-order chi connectivity index (χ0) is 24.3. The summed E-state index contributed by atoms with van der Waals surface area (Å²) in [6, 6.07) is 10.0. The van der Waals surface area contributed by atoms with Crippen LogP contribution in [0, 0.1) is 12.7 Å². The van der Waals surface area contributed by atoms with Gasteiger partial charge in [-0.3, -0.25) is 9.78 Å². The number of nitrogens with zero attached hydrogens (tertiary/aromatic N) is 1. The number of ketones is 1. The van der Waals surface area contributed by atoms with Crippen molar-refractivity contribution in [1.29, 1.82) is 0 Å². The highest BCUT2D eigenvalue weighted by molar-refractivity contribution is 6.09. The Kier molecular flexibility index (Phi) is 9.75. The summed E-state index contributed by atoms with van der Waals surface area (Å²) < 4.78 is 30.2. The molecule has 0 bridgehead atoms. The number of halogens is 1. The number of benzene rings is 2. The van der Waals surface area contributed by atoms with E-state index in [1.165, 1.54) is 12.1 Å². The molecule has 0 aliphatic heterocycles. The monoisotopic (exact) mass is 470 g/mol. The predicted octanol–water partition coefficient (Wildman–Crippen LogP) is 4.81. The number of rotatable bonds is 14. The first-order valence-electron chi connectivity index (χ1n) is 11.4. The van der Waals surface area contributed by atoms with Gasteiger partial charge in [0.05, 0.1) is 44.3 Å². The lowest BCUT2D eigenvalue weighted by Crippen LogP contribution is -2.12. The topological polar surface area (TPSA) is 89.9 Å². The molecule has 0 unspecified atom stereocenters. The number of carbonyl (C=O) groups excluding carboxylic acids is 1. The van der Waals surface area contributed by atoms with Gasteiger partial charge in [0.25, 0.3) is 0 Å². The van der Waals surface area contributed by atoms with Crippen molar-refractivity contribution in [2.24, 2.45) is 0 Å². The summed E-state index contributed by atoms with van der Waals surface area (Å²) in [6.45, 7) is 5.54. The number of Topliss-reactive ketones (excluding diaryl/α,β-unsaturated/α-hetero) is 1. The second kappa shape index (κ2) is 13.0. The standard InChI is InChI=1S/C26H31FN2O5/c1-3-5-23(31)21-17-28-26-20(25(21)29-22-9-8-19(27)16-18(22)2)6-4-7-24(26)34-15-14-33-13-12-32-11-10-30/h4,6-9,16-17,30H,3,5,10-15H2,1-2H3,(H,28,29). The van der Waals surface area contributed by atoms with Gasteiger partial charge in [0.2, 0.25) is 0 Å². The van der Waals surface area contributed by atoms with E-state index in [-0.39, 0.29) is 24.8 Å². The summed E-state index contributed by atoms with van der Waals surface area (Å²) in [5, 5.41) is 12.8. The minimum Gasteiger partial charge on any atom is -0.489 e. The fraction of sp³-hybridized carbons (Fsp3) is 0.385. The van der Waals surface area contributed by atoms with Crippen molar-refractivity contribution in [3.63, 3.8) is 0 Å². The molecule has 0 spiro atoms. The van der Waals surface area contributed by atoms with E-state index < -0.39 is 0 Å². The van der Waals surface area contributed by atoms with Crippen molar-refractivity contribution < 1.29 is 28.5 Å². The van der Waals surface area contributed by atoms with Crippen LogP contribution in [0.2, 0.25) is 0 Å². The number of aliphatic hydroxyl groups is 1. The van der Waals surface area contributed by atoms with E-state index in [1.807, 2.05) is 32.0 Å². The lowest BCUT2D eigenvalue weighted by Gasteiger charge is -2.17. The van der Waals surface area contributed by atoms with Crippen molar-refractivity contribution in [3.05, 3.63) is 59.5 Å². The molecule has 2 N–H and O–H groups in total. The van der Waals surface area contributed by atoms with E-state index in [0.29, 0.717) is 61.1 Å². The van der Waals surface area contributed by atoms with Gasteiger partial charge >= 0.3 is 0 Å². The van der Waals surface area contributed by atoms with Gasteiger partial charge in [-0.05, 0) is 43.2 Å². The second-order valence-electron chi connectivity index (χ2n) is 7.75. The van der Waals surface area contributed by atoms with Crippen molar-refractivity contribution >= 4 is 28.1 Å². The van der Waals surface area contributed by atoms with Crippen LogP contribution < -0.4 is 10.1 Å². The summed E-state index contributed by atoms with van der Waals surface area (Å²) in [4.78, 5) is 17.4. The molecule has 1 heterocycles. The molecule has 3 aromatic rings. The van der Waals surface area contributed by atoms with Gasteiger partial charge in [0.1, 0.15) is 23.7 Å². The Labute approximate surface area is 198 Å². The number of hydrogen-bond donors (Lipinski definition) is 2. The number of fused-ring (bicyclic) bond motifs is 1. The maximum absolute atomic E-state index is 13.6. The third-order valence-electron chi connectivity index (χ3n) is 5.18. The molecular weight excluding hydrogens is 439 g/mol. The van der Waals surface area contributed by atoms with E-state index in [9.17, 15) is 9.18 Å². The number of pyridine rings is 1. The molecule has 0 fully saturated rings. The van der Waals surface area contributed by atoms with Crippen molar-refractivity contribution in [2.45, 2.75) is 26.7 Å². The number of ether oxygens (including phenoxy) is 3. The molecule has 0 aliphatic rings. The summed E-state index contributed by atoms with van der Waals surface area (Å²) in [7, 11) is 0. The van der Waals surface area contributed by atoms with Crippen LogP contribution in [0.3, 0.4) is 0 Å². The maximum Gasteiger partial charge on any atom is 0.166 e. The van der Waals surface area contributed by atoms with Crippen molar-refractivity contribution in [2.75, 3.05) is 45.0 Å². The fourth-order valence-corrected chi connectivity index (χ4v) is 3.52. The SMILES string of the molecule is CCCC(=O)c1cnc2c(OCCOCCOCCO)cccc2c1Nc1ccc(F)cc1C. The minimum atomic E-state index is -0.317. The smallest absolute Gasteiger partial charge is 0.166 e. The zero-order valence-corrected chi connectivity index (χ0v) is 19.6. The van der Waals surface area contributed by atoms with E-state index in [0.717, 1.165) is 17.4 Å². The number of nitrogens with one attached hydrogen (secondary N) is 1. The Balaban J connectivity index is 1.84. The highest BCUT2D eigenvalue weighted by atomic mass is 19.1. The van der Waals surface area contributed by atoms with E-state index in [4.69, 9.17) is 19.3 Å². The number of para-hydroxylation sites is 1. The summed E-state index contributed by atoms with van der Waals surface area (Å²) >= 11 is 0. The Morgan fingerprint density at radius 2 is 1.85 bits per heavy atom. The number of aryl methyl sites for hydroxylation is 1. The van der Waals surface area contributed by atoms with Crippen LogP contribution >= 0.6 is 0 Å². The van der Waals surface area contributed by atoms with Gasteiger partial charge in [-0.2, -0.15) is 0 Å². The van der Waals surface area contributed by atoms with Gasteiger partial charge in [-0.1, -0.05) is 19.1 Å². The number of anilines is 2. The van der Waals surface area contributed by atoms with Gasteiger partial charge in [0, 0.05) is 23.7 Å². The Hall–Kier alpha value is -3.07. The highest BCUT2D eigenvalue weighted by Gasteiger charge is 2.18. The predicted molar refractivity (Wildman–Crippen MR) is 130 cm³/mol. The average Bonchev–Trinajstić information content (AvgIpc) is 2.82. The van der Waals surface area contributed by atoms with E-state index in [1.54, 1.807) is 12.3 Å². The minimum absolute atomic E-state index is 0.0118. The number of aliphatic hydroxyl groups excluding tert-OH is 1. The molecule has 34 heavy (non-hydrogen) atoms. The normalized spacial score (nSPS) is 11.1. The molecule has 8 heteroatoms. The first-order valence-corrected chi connectivity index (χ1v) is 11.4. The summed E-state index contributed by atoms with van der Waals surface area (Å²) in [6.07, 6.45) is 2.70. The van der Waals surface area contributed by atoms with Crippen LogP contribution in [0.4, 0.5) is 15.8 Å². The van der Waals surface area contributed by atoms with Crippen LogP contribution in [0.1, 0.15) is 35.7 Å². The largest absolute Gasteiger partial charge is 0.489 e. The fourth-order valence-electron chi connectivity index (χ4n) is 3.52. The molecule has 0 atom stereocenters. The number of aromatic nitrogens is 1. The molecule has 3 rings (SSSR count). The highest BCUT2D eigenvalue weighted by Crippen LogP contribution is 2.35. The summed E-state index contributed by atoms with van der Waals surface area (Å²) in [5.74, 6) is 0.246. The van der Waals surface area contributed by atoms with Crippen LogP contribution in [-0.4, -0.2) is 55.5 Å². The third-order valence-corrected chi connectivity index (χ3v) is 5.18. The number of carbonyl (C=O) groups is 1. The molecule has 0 saturated carbocycles. The molecular formula is C26H31FN2O5. The molecule has 1 aromatic heterocycles. The average molecular weight is 471 g/mol. The lowest BCUT2D eigenvalue weighted by atomic mass is 10.0. The molecule has 7 nitrogen and oxygen atoms in total. The Morgan fingerprint density at radius 1 is 1.09 bits per heavy atom. The van der Waals surface area contributed by atoms with Gasteiger partial charge < -0.3 is 24.6 Å². The molecule has 0 radical (unpaired) electrons. The number of hydrogen-bond acceptors (Lipinski definition) is 7. The molecule has 0 amide bonds. The molecule has 2 aromatic carbocycles. The van der Waals surface area contributed by atoms with Crippen molar-refractivity contribution in [3.8, 4) is 5.75 Å². The second-order valence-corrected chi connectivity index (χ2v) is 7.75.